The lowest BCUT2D eigenvalue weighted by Gasteiger charge is -2.16. The van der Waals surface area contributed by atoms with Crippen molar-refractivity contribution in [2.45, 2.75) is 57.9 Å². The summed E-state index contributed by atoms with van der Waals surface area (Å²) in [7, 11) is 0. The third kappa shape index (κ3) is 5.17. The lowest BCUT2D eigenvalue weighted by atomic mass is 9.96. The van der Waals surface area contributed by atoms with Gasteiger partial charge in [0, 0.05) is 19.0 Å². The van der Waals surface area contributed by atoms with Gasteiger partial charge in [-0.15, -0.1) is 0 Å². The smallest absolute Gasteiger partial charge is 0.220 e. The van der Waals surface area contributed by atoms with E-state index in [-0.39, 0.29) is 11.9 Å². The van der Waals surface area contributed by atoms with E-state index in [9.17, 15) is 4.79 Å². The van der Waals surface area contributed by atoms with Crippen LogP contribution in [0.3, 0.4) is 0 Å². The Morgan fingerprint density at radius 2 is 1.93 bits per heavy atom. The first-order valence-corrected chi connectivity index (χ1v) is 6.21. The second-order valence-corrected chi connectivity index (χ2v) is 4.77. The van der Waals surface area contributed by atoms with Gasteiger partial charge in [0.1, 0.15) is 0 Å². The van der Waals surface area contributed by atoms with E-state index in [1.807, 2.05) is 6.92 Å². The first kappa shape index (κ1) is 12.5. The van der Waals surface area contributed by atoms with E-state index >= 15 is 0 Å². The first-order valence-electron chi connectivity index (χ1n) is 6.21. The molecule has 88 valence electrons. The number of hydrogen-bond acceptors (Lipinski definition) is 2. The van der Waals surface area contributed by atoms with Crippen LogP contribution in [0.2, 0.25) is 0 Å². The highest BCUT2D eigenvalue weighted by atomic mass is 16.1. The summed E-state index contributed by atoms with van der Waals surface area (Å²) in [5.74, 6) is 0.789. The Bertz CT molecular complexity index is 186. The molecule has 0 bridgehead atoms. The first-order chi connectivity index (χ1) is 7.22. The fourth-order valence-corrected chi connectivity index (χ4v) is 2.22. The van der Waals surface area contributed by atoms with Crippen LogP contribution in [0.1, 0.15) is 51.9 Å². The molecule has 3 heteroatoms. The van der Waals surface area contributed by atoms with Crippen LogP contribution in [0, 0.1) is 5.92 Å². The molecule has 0 radical (unpaired) electrons. The van der Waals surface area contributed by atoms with Crippen molar-refractivity contribution in [3.05, 3.63) is 0 Å². The maximum atomic E-state index is 11.6. The molecule has 0 aromatic rings. The van der Waals surface area contributed by atoms with Crippen molar-refractivity contribution >= 4 is 5.91 Å². The molecule has 1 atom stereocenters. The molecular weight excluding hydrogens is 188 g/mol. The molecule has 1 aliphatic rings. The zero-order chi connectivity index (χ0) is 11.1. The molecule has 1 saturated carbocycles. The average molecular weight is 212 g/mol. The number of nitrogens with one attached hydrogen (secondary N) is 1. The van der Waals surface area contributed by atoms with Gasteiger partial charge in [0.25, 0.3) is 0 Å². The molecular formula is C12H24N2O. The van der Waals surface area contributed by atoms with Crippen molar-refractivity contribution in [2.75, 3.05) is 6.54 Å². The zero-order valence-corrected chi connectivity index (χ0v) is 9.80. The molecule has 1 rings (SSSR count). The van der Waals surface area contributed by atoms with E-state index in [0.29, 0.717) is 18.9 Å². The van der Waals surface area contributed by atoms with Crippen molar-refractivity contribution < 1.29 is 4.79 Å². The van der Waals surface area contributed by atoms with Gasteiger partial charge in [0.2, 0.25) is 5.91 Å². The molecule has 0 saturated heterocycles. The number of amides is 1. The largest absolute Gasteiger partial charge is 0.352 e. The summed E-state index contributed by atoms with van der Waals surface area (Å²) in [6.07, 6.45) is 8.43. The summed E-state index contributed by atoms with van der Waals surface area (Å²) in [6.45, 7) is 2.47. The third-order valence-corrected chi connectivity index (χ3v) is 3.21. The molecule has 0 aromatic heterocycles. The van der Waals surface area contributed by atoms with Crippen LogP contribution in [0.25, 0.3) is 0 Å². The average Bonchev–Trinajstić information content (AvgIpc) is 2.46. The van der Waals surface area contributed by atoms with Crippen LogP contribution in [-0.2, 0) is 4.79 Å². The Kier molecular flexibility index (Phi) is 5.69. The Morgan fingerprint density at radius 3 is 2.47 bits per heavy atom. The SMILES string of the molecule is C[C@@H](CN)NC(=O)CC1CCCCCC1. The van der Waals surface area contributed by atoms with Crippen molar-refractivity contribution in [2.24, 2.45) is 11.7 Å². The normalized spacial score (nSPS) is 20.7. The van der Waals surface area contributed by atoms with Crippen LogP contribution in [0.4, 0.5) is 0 Å². The van der Waals surface area contributed by atoms with Crippen LogP contribution in [0.15, 0.2) is 0 Å². The fraction of sp³-hybridized carbons (Fsp3) is 0.917. The van der Waals surface area contributed by atoms with E-state index in [4.69, 9.17) is 5.73 Å². The number of carbonyl (C=O) groups excluding carboxylic acids is 1. The van der Waals surface area contributed by atoms with Crippen molar-refractivity contribution in [3.63, 3.8) is 0 Å². The van der Waals surface area contributed by atoms with Crippen LogP contribution in [-0.4, -0.2) is 18.5 Å². The monoisotopic (exact) mass is 212 g/mol. The molecule has 15 heavy (non-hydrogen) atoms. The Hall–Kier alpha value is -0.570. The zero-order valence-electron chi connectivity index (χ0n) is 9.80. The molecule has 3 N–H and O–H groups in total. The molecule has 1 aliphatic carbocycles. The van der Waals surface area contributed by atoms with Crippen LogP contribution < -0.4 is 11.1 Å². The second-order valence-electron chi connectivity index (χ2n) is 4.77. The number of carbonyl (C=O) groups is 1. The number of hydrogen-bond donors (Lipinski definition) is 2. The standard InChI is InChI=1S/C12H24N2O/c1-10(9-13)14-12(15)8-11-6-4-2-3-5-7-11/h10-11H,2-9,13H2,1H3,(H,14,15)/t10-/m0/s1. The van der Waals surface area contributed by atoms with Crippen LogP contribution in [0.5, 0.6) is 0 Å². The molecule has 0 spiro atoms. The van der Waals surface area contributed by atoms with Crippen molar-refractivity contribution in [3.8, 4) is 0 Å². The summed E-state index contributed by atoms with van der Waals surface area (Å²) >= 11 is 0. The summed E-state index contributed by atoms with van der Waals surface area (Å²) in [6, 6.07) is 0.114. The van der Waals surface area contributed by atoms with Gasteiger partial charge in [-0.1, -0.05) is 25.7 Å². The molecule has 0 aliphatic heterocycles. The minimum Gasteiger partial charge on any atom is -0.352 e. The highest BCUT2D eigenvalue weighted by Crippen LogP contribution is 2.25. The van der Waals surface area contributed by atoms with E-state index in [2.05, 4.69) is 5.32 Å². The minimum atomic E-state index is 0.114. The van der Waals surface area contributed by atoms with Gasteiger partial charge in [0.15, 0.2) is 0 Å². The molecule has 0 unspecified atom stereocenters. The van der Waals surface area contributed by atoms with Gasteiger partial charge < -0.3 is 11.1 Å². The molecule has 1 fully saturated rings. The van der Waals surface area contributed by atoms with Crippen LogP contribution >= 0.6 is 0 Å². The maximum Gasteiger partial charge on any atom is 0.220 e. The summed E-state index contributed by atoms with van der Waals surface area (Å²) in [5, 5.41) is 2.93. The molecule has 1 amide bonds. The minimum absolute atomic E-state index is 0.114. The van der Waals surface area contributed by atoms with Gasteiger partial charge in [-0.3, -0.25) is 4.79 Å². The molecule has 3 nitrogen and oxygen atoms in total. The lowest BCUT2D eigenvalue weighted by Crippen LogP contribution is -2.38. The number of nitrogens with two attached hydrogens (primary N) is 1. The fourth-order valence-electron chi connectivity index (χ4n) is 2.22. The Morgan fingerprint density at radius 1 is 1.33 bits per heavy atom. The Balaban J connectivity index is 2.23. The van der Waals surface area contributed by atoms with E-state index in [1.165, 1.54) is 38.5 Å². The van der Waals surface area contributed by atoms with Gasteiger partial charge >= 0.3 is 0 Å². The lowest BCUT2D eigenvalue weighted by molar-refractivity contribution is -0.122. The van der Waals surface area contributed by atoms with E-state index < -0.39 is 0 Å². The van der Waals surface area contributed by atoms with Crippen molar-refractivity contribution in [1.82, 2.24) is 5.32 Å². The van der Waals surface area contributed by atoms with Gasteiger partial charge in [-0.25, -0.2) is 0 Å². The third-order valence-electron chi connectivity index (χ3n) is 3.21. The van der Waals surface area contributed by atoms with E-state index in [0.717, 1.165) is 0 Å². The number of rotatable bonds is 4. The van der Waals surface area contributed by atoms with Gasteiger partial charge in [-0.2, -0.15) is 0 Å². The second kappa shape index (κ2) is 6.83. The molecule has 0 heterocycles. The highest BCUT2D eigenvalue weighted by molar-refractivity contribution is 5.76. The van der Waals surface area contributed by atoms with Gasteiger partial charge in [-0.05, 0) is 25.7 Å². The topological polar surface area (TPSA) is 55.1 Å². The summed E-state index contributed by atoms with van der Waals surface area (Å²) < 4.78 is 0. The quantitative estimate of drug-likeness (QED) is 0.698. The predicted molar refractivity (Wildman–Crippen MR) is 62.5 cm³/mol. The van der Waals surface area contributed by atoms with Crippen molar-refractivity contribution in [1.29, 1.82) is 0 Å². The highest BCUT2D eigenvalue weighted by Gasteiger charge is 2.16. The molecule has 0 aromatic carbocycles. The predicted octanol–water partition coefficient (Wildman–Crippen LogP) is 1.81. The van der Waals surface area contributed by atoms with E-state index in [1.54, 1.807) is 0 Å². The summed E-state index contributed by atoms with van der Waals surface area (Å²) in [4.78, 5) is 11.6. The van der Waals surface area contributed by atoms with Gasteiger partial charge in [0.05, 0.1) is 0 Å². The summed E-state index contributed by atoms with van der Waals surface area (Å²) in [5.41, 5.74) is 5.46. The Labute approximate surface area is 92.8 Å². The maximum absolute atomic E-state index is 11.6.